The molecule has 3 aliphatic rings. The number of carbonyl (C=O) groups is 3. The lowest BCUT2D eigenvalue weighted by molar-refractivity contribution is -0.128. The van der Waals surface area contributed by atoms with Crippen molar-refractivity contribution in [3.63, 3.8) is 0 Å². The number of carbonyl (C=O) groups excluding carboxylic acids is 3. The van der Waals surface area contributed by atoms with Crippen molar-refractivity contribution < 1.29 is 28.6 Å². The van der Waals surface area contributed by atoms with Crippen LogP contribution in [0.25, 0.3) is 0 Å². The highest BCUT2D eigenvalue weighted by molar-refractivity contribution is 5.99. The van der Waals surface area contributed by atoms with E-state index in [2.05, 4.69) is 12.2 Å². The molecule has 0 radical (unpaired) electrons. The van der Waals surface area contributed by atoms with Gasteiger partial charge in [-0.05, 0) is 60.9 Å². The molecule has 6 rings (SSSR count). The van der Waals surface area contributed by atoms with Crippen molar-refractivity contribution >= 4 is 17.7 Å². The summed E-state index contributed by atoms with van der Waals surface area (Å²) in [6.45, 7) is 5.37. The van der Waals surface area contributed by atoms with E-state index in [1.165, 1.54) is 5.56 Å². The van der Waals surface area contributed by atoms with Gasteiger partial charge in [-0.25, -0.2) is 0 Å². The topological polar surface area (TPSA) is 97.4 Å². The van der Waals surface area contributed by atoms with E-state index in [4.69, 9.17) is 14.2 Å². The number of aryl methyl sites for hydroxylation is 2. The zero-order chi connectivity index (χ0) is 29.3. The molecule has 0 saturated carbocycles. The van der Waals surface area contributed by atoms with E-state index < -0.39 is 11.8 Å². The summed E-state index contributed by atoms with van der Waals surface area (Å²) >= 11 is 0. The SMILES string of the molecule is CCc1ccc(C(=O)N2CCC3(CC2)OC[C@@H](C(=O)NCc2ccc4c(c2)OCO4)N3C(=O)c2cccc(C)c2)cc1. The highest BCUT2D eigenvalue weighted by Gasteiger charge is 2.54. The lowest BCUT2D eigenvalue weighted by atomic mass is 9.95. The first-order chi connectivity index (χ1) is 20.4. The Kier molecular flexibility index (Phi) is 7.60. The molecule has 1 atom stereocenters. The van der Waals surface area contributed by atoms with E-state index in [1.54, 1.807) is 15.9 Å². The van der Waals surface area contributed by atoms with E-state index in [-0.39, 0.29) is 37.7 Å². The standard InChI is InChI=1S/C33H35N3O6/c1-3-23-7-10-25(11-8-23)31(38)35-15-13-33(14-16-35)36(32(39)26-6-4-5-22(2)17-26)27(20-42-33)30(37)34-19-24-9-12-28-29(18-24)41-21-40-28/h4-12,17-18,27H,3,13-16,19-21H2,1-2H3,(H,34,37)/t27-/m0/s1. The van der Waals surface area contributed by atoms with Gasteiger partial charge in [0.15, 0.2) is 11.5 Å². The fourth-order valence-electron chi connectivity index (χ4n) is 5.97. The summed E-state index contributed by atoms with van der Waals surface area (Å²) in [5.74, 6) is 0.729. The number of nitrogens with zero attached hydrogens (tertiary/aromatic N) is 2. The summed E-state index contributed by atoms with van der Waals surface area (Å²) in [7, 11) is 0. The van der Waals surface area contributed by atoms with E-state index in [0.29, 0.717) is 48.6 Å². The zero-order valence-electron chi connectivity index (χ0n) is 23.9. The fraction of sp³-hybridized carbons (Fsp3) is 0.364. The first-order valence-electron chi connectivity index (χ1n) is 14.5. The van der Waals surface area contributed by atoms with Gasteiger partial charge < -0.3 is 24.4 Å². The first-order valence-corrected chi connectivity index (χ1v) is 14.5. The summed E-state index contributed by atoms with van der Waals surface area (Å²) in [6.07, 6.45) is 1.73. The molecule has 3 aromatic rings. The molecule has 9 heteroatoms. The smallest absolute Gasteiger partial charge is 0.256 e. The van der Waals surface area contributed by atoms with Crippen molar-refractivity contribution in [1.82, 2.24) is 15.1 Å². The van der Waals surface area contributed by atoms with Gasteiger partial charge in [0.05, 0.1) is 6.61 Å². The Morgan fingerprint density at radius 3 is 2.36 bits per heavy atom. The minimum absolute atomic E-state index is 0.0416. The summed E-state index contributed by atoms with van der Waals surface area (Å²) < 4.78 is 17.2. The van der Waals surface area contributed by atoms with Gasteiger partial charge in [0.1, 0.15) is 11.8 Å². The molecule has 42 heavy (non-hydrogen) atoms. The maximum absolute atomic E-state index is 14.0. The second-order valence-corrected chi connectivity index (χ2v) is 11.1. The van der Waals surface area contributed by atoms with Gasteiger partial charge >= 0.3 is 0 Å². The van der Waals surface area contributed by atoms with Crippen LogP contribution >= 0.6 is 0 Å². The Hall–Kier alpha value is -4.37. The van der Waals surface area contributed by atoms with Gasteiger partial charge in [0, 0.05) is 43.6 Å². The lowest BCUT2D eigenvalue weighted by Gasteiger charge is -2.44. The molecular formula is C33H35N3O6. The molecule has 9 nitrogen and oxygen atoms in total. The van der Waals surface area contributed by atoms with Crippen LogP contribution in [0.3, 0.4) is 0 Å². The fourth-order valence-corrected chi connectivity index (χ4v) is 5.97. The number of piperidine rings is 1. The minimum Gasteiger partial charge on any atom is -0.454 e. The van der Waals surface area contributed by atoms with Gasteiger partial charge in [-0.3, -0.25) is 19.3 Å². The molecule has 0 aromatic heterocycles. The summed E-state index contributed by atoms with van der Waals surface area (Å²) in [6, 6.07) is 19.8. The largest absolute Gasteiger partial charge is 0.454 e. The van der Waals surface area contributed by atoms with E-state index >= 15 is 0 Å². The zero-order valence-corrected chi connectivity index (χ0v) is 23.9. The van der Waals surface area contributed by atoms with Gasteiger partial charge in [0.2, 0.25) is 12.7 Å². The molecule has 218 valence electrons. The molecule has 3 amide bonds. The summed E-state index contributed by atoms with van der Waals surface area (Å²) in [5, 5.41) is 2.99. The van der Waals surface area contributed by atoms with Crippen LogP contribution in [0.1, 0.15) is 57.2 Å². The van der Waals surface area contributed by atoms with Gasteiger partial charge in [-0.15, -0.1) is 0 Å². The Bertz CT molecular complexity index is 1500. The molecule has 3 aliphatic heterocycles. The van der Waals surface area contributed by atoms with Crippen LogP contribution in [0, 0.1) is 6.92 Å². The third-order valence-corrected chi connectivity index (χ3v) is 8.39. The quantitative estimate of drug-likeness (QED) is 0.481. The highest BCUT2D eigenvalue weighted by Crippen LogP contribution is 2.39. The average Bonchev–Trinajstić information content (AvgIpc) is 3.64. The summed E-state index contributed by atoms with van der Waals surface area (Å²) in [5.41, 5.74) is 3.15. The number of fused-ring (bicyclic) bond motifs is 1. The summed E-state index contributed by atoms with van der Waals surface area (Å²) in [4.78, 5) is 44.3. The van der Waals surface area contributed by atoms with Gasteiger partial charge in [-0.1, -0.05) is 42.8 Å². The second kappa shape index (κ2) is 11.5. The van der Waals surface area contributed by atoms with Crippen LogP contribution in [0.5, 0.6) is 11.5 Å². The number of amides is 3. The molecule has 3 aromatic carbocycles. The second-order valence-electron chi connectivity index (χ2n) is 11.1. The molecule has 0 bridgehead atoms. The van der Waals surface area contributed by atoms with Crippen LogP contribution in [0.4, 0.5) is 0 Å². The van der Waals surface area contributed by atoms with E-state index in [1.807, 2.05) is 67.6 Å². The highest BCUT2D eigenvalue weighted by atomic mass is 16.7. The Morgan fingerprint density at radius 1 is 0.881 bits per heavy atom. The van der Waals surface area contributed by atoms with Crippen molar-refractivity contribution in [3.05, 3.63) is 94.5 Å². The predicted molar refractivity (Wildman–Crippen MR) is 155 cm³/mol. The normalized spacial score (nSPS) is 18.8. The van der Waals surface area contributed by atoms with Crippen LogP contribution in [0.15, 0.2) is 66.7 Å². The molecule has 3 heterocycles. The number of likely N-dealkylation sites (tertiary alicyclic amines) is 1. The maximum atomic E-state index is 14.0. The van der Waals surface area contributed by atoms with Crippen molar-refractivity contribution in [2.75, 3.05) is 26.5 Å². The number of hydrogen-bond acceptors (Lipinski definition) is 6. The van der Waals surface area contributed by atoms with Gasteiger partial charge in [0.25, 0.3) is 11.8 Å². The monoisotopic (exact) mass is 569 g/mol. The predicted octanol–water partition coefficient (Wildman–Crippen LogP) is 4.08. The number of benzene rings is 3. The molecule has 1 N–H and O–H groups in total. The van der Waals surface area contributed by atoms with Crippen molar-refractivity contribution in [2.45, 2.75) is 51.4 Å². The third kappa shape index (κ3) is 5.32. The molecule has 0 unspecified atom stereocenters. The van der Waals surface area contributed by atoms with Crippen LogP contribution in [0.2, 0.25) is 0 Å². The van der Waals surface area contributed by atoms with E-state index in [9.17, 15) is 14.4 Å². The molecular weight excluding hydrogens is 534 g/mol. The number of ether oxygens (including phenoxy) is 3. The number of nitrogens with one attached hydrogen (secondary N) is 1. The first kappa shape index (κ1) is 27.8. The van der Waals surface area contributed by atoms with E-state index in [0.717, 1.165) is 17.5 Å². The van der Waals surface area contributed by atoms with Crippen molar-refractivity contribution in [1.29, 1.82) is 0 Å². The average molecular weight is 570 g/mol. The molecule has 2 fully saturated rings. The minimum atomic E-state index is -0.982. The molecule has 2 saturated heterocycles. The Labute approximate surface area is 245 Å². The van der Waals surface area contributed by atoms with Crippen molar-refractivity contribution in [3.8, 4) is 11.5 Å². The Balaban J connectivity index is 1.20. The molecule has 1 spiro atoms. The Morgan fingerprint density at radius 2 is 1.62 bits per heavy atom. The van der Waals surface area contributed by atoms with Gasteiger partial charge in [-0.2, -0.15) is 0 Å². The van der Waals surface area contributed by atoms with Crippen LogP contribution in [-0.2, 0) is 22.5 Å². The van der Waals surface area contributed by atoms with Crippen LogP contribution in [-0.4, -0.2) is 65.8 Å². The number of hydrogen-bond donors (Lipinski definition) is 1. The maximum Gasteiger partial charge on any atom is 0.256 e. The lowest BCUT2D eigenvalue weighted by Crippen LogP contribution is -2.59. The molecule has 0 aliphatic carbocycles. The third-order valence-electron chi connectivity index (χ3n) is 8.39. The van der Waals surface area contributed by atoms with Crippen LogP contribution < -0.4 is 14.8 Å². The van der Waals surface area contributed by atoms with Crippen molar-refractivity contribution in [2.24, 2.45) is 0 Å². The number of rotatable bonds is 6.